The van der Waals surface area contributed by atoms with Crippen LogP contribution < -0.4 is 15.2 Å². The first-order valence-corrected chi connectivity index (χ1v) is 15.3. The Morgan fingerprint density at radius 3 is 2.29 bits per heavy atom. The van der Waals surface area contributed by atoms with Crippen LogP contribution in [0.3, 0.4) is 0 Å². The van der Waals surface area contributed by atoms with Gasteiger partial charge in [0.05, 0.1) is 14.7 Å². The molecular formula is C26H34F2N2O4Si. The number of rotatable bonds is 5. The monoisotopic (exact) mass is 504 g/mol. The van der Waals surface area contributed by atoms with Gasteiger partial charge in [0.15, 0.2) is 0 Å². The van der Waals surface area contributed by atoms with Gasteiger partial charge < -0.3 is 14.8 Å². The Hall–Kier alpha value is -2.94. The van der Waals surface area contributed by atoms with Gasteiger partial charge in [-0.05, 0) is 69.5 Å². The lowest BCUT2D eigenvalue weighted by atomic mass is 9.92. The Bertz CT molecular complexity index is 1100. The van der Waals surface area contributed by atoms with Crippen LogP contribution in [-0.4, -0.2) is 43.7 Å². The molecule has 0 aliphatic carbocycles. The van der Waals surface area contributed by atoms with E-state index in [9.17, 15) is 18.4 Å². The molecular weight excluding hydrogens is 470 g/mol. The maximum atomic E-state index is 14.8. The summed E-state index contributed by atoms with van der Waals surface area (Å²) in [6.45, 7) is 13.4. The molecule has 2 amide bonds. The molecule has 2 aromatic rings. The second kappa shape index (κ2) is 9.97. The molecule has 3 rings (SSSR count). The van der Waals surface area contributed by atoms with Gasteiger partial charge in [-0.15, -0.1) is 0 Å². The predicted molar refractivity (Wildman–Crippen MR) is 135 cm³/mol. The smallest absolute Gasteiger partial charge is 0.411 e. The minimum atomic E-state index is -2.27. The molecule has 0 saturated carbocycles. The highest BCUT2D eigenvalue weighted by Gasteiger charge is 2.38. The molecule has 35 heavy (non-hydrogen) atoms. The summed E-state index contributed by atoms with van der Waals surface area (Å²) in [5, 5.41) is 2.70. The van der Waals surface area contributed by atoms with Gasteiger partial charge in [-0.1, -0.05) is 25.7 Å². The molecule has 1 heterocycles. The van der Waals surface area contributed by atoms with Crippen molar-refractivity contribution < 1.29 is 27.8 Å². The molecule has 0 bridgehead atoms. The molecule has 2 aromatic carbocycles. The zero-order valence-electron chi connectivity index (χ0n) is 21.4. The van der Waals surface area contributed by atoms with E-state index in [0.717, 1.165) is 17.7 Å². The number of hydrogen-bond donors (Lipinski definition) is 1. The highest BCUT2D eigenvalue weighted by Crippen LogP contribution is 2.34. The van der Waals surface area contributed by atoms with E-state index in [2.05, 4.69) is 5.32 Å². The van der Waals surface area contributed by atoms with E-state index in [1.165, 1.54) is 4.90 Å². The highest BCUT2D eigenvalue weighted by molar-refractivity contribution is 6.88. The molecule has 0 aromatic heterocycles. The van der Waals surface area contributed by atoms with Crippen LogP contribution in [0, 0.1) is 11.6 Å². The molecule has 0 spiro atoms. The Balaban J connectivity index is 1.99. The van der Waals surface area contributed by atoms with Gasteiger partial charge in [0.25, 0.3) is 5.91 Å². The van der Waals surface area contributed by atoms with E-state index in [0.29, 0.717) is 24.3 Å². The number of ether oxygens (including phenoxy) is 2. The summed E-state index contributed by atoms with van der Waals surface area (Å²) in [4.78, 5) is 27.9. The number of benzene rings is 2. The molecule has 0 radical (unpaired) electrons. The van der Waals surface area contributed by atoms with Crippen LogP contribution in [-0.2, 0) is 16.0 Å². The minimum absolute atomic E-state index is 0.00537. The van der Waals surface area contributed by atoms with Gasteiger partial charge >= 0.3 is 6.09 Å². The summed E-state index contributed by atoms with van der Waals surface area (Å²) in [5.74, 6) is -1.29. The number of nitrogens with zero attached hydrogens (tertiary/aromatic N) is 1. The lowest BCUT2D eigenvalue weighted by molar-refractivity contribution is -0.122. The summed E-state index contributed by atoms with van der Waals surface area (Å²) in [6.07, 6.45) is -0.128. The fraction of sp³-hybridized carbons (Fsp3) is 0.462. The number of carbonyl (C=O) groups is 2. The molecule has 0 fully saturated rings. The summed E-state index contributed by atoms with van der Waals surface area (Å²) in [5.41, 5.74) is 0.718. The number of halogens is 2. The van der Waals surface area contributed by atoms with Gasteiger partial charge in [0.2, 0.25) is 0 Å². The Morgan fingerprint density at radius 2 is 1.74 bits per heavy atom. The van der Waals surface area contributed by atoms with Crippen LogP contribution in [0.5, 0.6) is 5.75 Å². The minimum Gasteiger partial charge on any atom is -0.494 e. The third kappa shape index (κ3) is 6.20. The SMILES string of the molecule is CCOc1ccc2c(c1)CCN(C(=O)OC(C)(C)C)C2C(=O)Nc1cc(F)c([Si](C)(C)C)c(F)c1. The van der Waals surface area contributed by atoms with Crippen LogP contribution in [0.25, 0.3) is 0 Å². The van der Waals surface area contributed by atoms with Crippen molar-refractivity contribution in [3.8, 4) is 5.75 Å². The van der Waals surface area contributed by atoms with Crippen LogP contribution in [0.2, 0.25) is 19.6 Å². The number of nitrogens with one attached hydrogen (secondary N) is 1. The lowest BCUT2D eigenvalue weighted by Crippen LogP contribution is -2.47. The van der Waals surface area contributed by atoms with Crippen LogP contribution >= 0.6 is 0 Å². The third-order valence-electron chi connectivity index (χ3n) is 5.59. The van der Waals surface area contributed by atoms with E-state index >= 15 is 0 Å². The van der Waals surface area contributed by atoms with Crippen molar-refractivity contribution in [3.05, 3.63) is 53.1 Å². The maximum absolute atomic E-state index is 14.8. The number of fused-ring (bicyclic) bond motifs is 1. The average Bonchev–Trinajstić information content (AvgIpc) is 2.70. The predicted octanol–water partition coefficient (Wildman–Crippen LogP) is 5.38. The molecule has 1 atom stereocenters. The van der Waals surface area contributed by atoms with E-state index < -0.39 is 43.4 Å². The fourth-order valence-electron chi connectivity index (χ4n) is 4.23. The van der Waals surface area contributed by atoms with Crippen molar-refractivity contribution in [1.29, 1.82) is 0 Å². The molecule has 1 N–H and O–H groups in total. The van der Waals surface area contributed by atoms with Crippen molar-refractivity contribution in [3.63, 3.8) is 0 Å². The highest BCUT2D eigenvalue weighted by atomic mass is 28.3. The van der Waals surface area contributed by atoms with Gasteiger partial charge in [-0.2, -0.15) is 0 Å². The first-order chi connectivity index (χ1) is 16.2. The average molecular weight is 505 g/mol. The first-order valence-electron chi connectivity index (χ1n) is 11.8. The lowest BCUT2D eigenvalue weighted by Gasteiger charge is -2.37. The van der Waals surface area contributed by atoms with Gasteiger partial charge in [0.1, 0.15) is 29.0 Å². The molecule has 190 valence electrons. The topological polar surface area (TPSA) is 67.9 Å². The first kappa shape index (κ1) is 26.7. The number of carbonyl (C=O) groups excluding carboxylic acids is 2. The summed E-state index contributed by atoms with van der Waals surface area (Å²) in [6, 6.07) is 6.57. The van der Waals surface area contributed by atoms with Gasteiger partial charge in [0, 0.05) is 17.4 Å². The zero-order valence-corrected chi connectivity index (χ0v) is 22.4. The molecule has 9 heteroatoms. The van der Waals surface area contributed by atoms with Crippen LogP contribution in [0.4, 0.5) is 19.3 Å². The van der Waals surface area contributed by atoms with Crippen molar-refractivity contribution >= 4 is 30.9 Å². The van der Waals surface area contributed by atoms with Crippen molar-refractivity contribution in [2.75, 3.05) is 18.5 Å². The molecule has 6 nitrogen and oxygen atoms in total. The van der Waals surface area contributed by atoms with Crippen molar-refractivity contribution in [2.24, 2.45) is 0 Å². The molecule has 1 aliphatic heterocycles. The Morgan fingerprint density at radius 1 is 1.11 bits per heavy atom. The summed E-state index contributed by atoms with van der Waals surface area (Å²) < 4.78 is 40.7. The van der Waals surface area contributed by atoms with Crippen LogP contribution in [0.15, 0.2) is 30.3 Å². The summed E-state index contributed by atoms with van der Waals surface area (Å²) in [7, 11) is -2.27. The second-order valence-corrected chi connectivity index (χ2v) is 15.7. The number of amides is 2. The van der Waals surface area contributed by atoms with E-state index in [4.69, 9.17) is 9.47 Å². The number of anilines is 1. The fourth-order valence-corrected chi connectivity index (χ4v) is 5.81. The Kier molecular flexibility index (Phi) is 7.59. The maximum Gasteiger partial charge on any atom is 0.411 e. The van der Waals surface area contributed by atoms with E-state index in [1.807, 2.05) is 32.6 Å². The zero-order chi connectivity index (χ0) is 26.1. The largest absolute Gasteiger partial charge is 0.494 e. The normalized spacial score (nSPS) is 15.9. The quantitative estimate of drug-likeness (QED) is 0.555. The van der Waals surface area contributed by atoms with E-state index in [-0.39, 0.29) is 17.4 Å². The Labute approximate surface area is 206 Å². The summed E-state index contributed by atoms with van der Waals surface area (Å²) >= 11 is 0. The van der Waals surface area contributed by atoms with E-state index in [1.54, 1.807) is 32.9 Å². The van der Waals surface area contributed by atoms with Gasteiger partial charge in [-0.3, -0.25) is 9.69 Å². The van der Waals surface area contributed by atoms with Crippen LogP contribution in [0.1, 0.15) is 44.9 Å². The molecule has 1 aliphatic rings. The standard InChI is InChI=1S/C26H34F2N2O4Si/c1-8-33-18-9-10-19-16(13-18)11-12-30(25(32)34-26(2,3)4)22(19)24(31)29-17-14-20(27)23(21(28)15-17)35(5,6)7/h9-10,13-15,22H,8,11-12H2,1-7H3,(H,29,31). The molecule has 0 saturated heterocycles. The number of hydrogen-bond acceptors (Lipinski definition) is 4. The van der Waals surface area contributed by atoms with Gasteiger partial charge in [-0.25, -0.2) is 13.6 Å². The molecule has 1 unspecified atom stereocenters. The third-order valence-corrected chi connectivity index (χ3v) is 7.57. The van der Waals surface area contributed by atoms with Crippen molar-refractivity contribution in [2.45, 2.75) is 65.4 Å². The second-order valence-electron chi connectivity index (χ2n) is 10.7. The van der Waals surface area contributed by atoms with Crippen molar-refractivity contribution in [1.82, 2.24) is 4.90 Å².